The molecule has 2 fully saturated rings. The lowest BCUT2D eigenvalue weighted by molar-refractivity contribution is -0.122. The Hall–Kier alpha value is -2.15. The minimum atomic E-state index is -0.238. The fraction of sp³-hybridized carbons (Fsp3) is 0.655. The lowest BCUT2D eigenvalue weighted by Crippen LogP contribution is -2.48. The maximum Gasteiger partial charge on any atom is 0.270 e. The molecule has 1 aromatic heterocycles. The van der Waals surface area contributed by atoms with Crippen molar-refractivity contribution < 1.29 is 4.79 Å². The van der Waals surface area contributed by atoms with Gasteiger partial charge in [0.1, 0.15) is 21.8 Å². The highest BCUT2D eigenvalue weighted by molar-refractivity contribution is 8.26. The number of nitriles is 1. The van der Waals surface area contributed by atoms with E-state index in [-0.39, 0.29) is 17.0 Å². The van der Waals surface area contributed by atoms with Crippen molar-refractivity contribution in [2.75, 3.05) is 44.2 Å². The lowest BCUT2D eigenvalue weighted by Gasteiger charge is -2.37. The minimum Gasteiger partial charge on any atom is -0.355 e. The molecular formula is C29H43N5O2S2. The summed E-state index contributed by atoms with van der Waals surface area (Å²) < 4.78 is 2.37. The first-order valence-corrected chi connectivity index (χ1v) is 15.4. The number of thioether (sulfide) groups is 1. The third kappa shape index (κ3) is 6.70. The molecule has 2 saturated heterocycles. The van der Waals surface area contributed by atoms with Crippen LogP contribution in [0.15, 0.2) is 9.70 Å². The predicted molar refractivity (Wildman–Crippen MR) is 163 cm³/mol. The van der Waals surface area contributed by atoms with E-state index in [1.807, 2.05) is 13.0 Å². The molecule has 0 bridgehead atoms. The van der Waals surface area contributed by atoms with Crippen molar-refractivity contribution in [3.8, 4) is 6.07 Å². The summed E-state index contributed by atoms with van der Waals surface area (Å²) in [5.74, 6) is 1.18. The molecule has 9 heteroatoms. The Labute approximate surface area is 237 Å². The number of aromatic nitrogens is 1. The van der Waals surface area contributed by atoms with Crippen LogP contribution in [0.25, 0.3) is 6.08 Å². The SMILES string of the molecule is CCCCC(CC)CN1C(=O)/C(=C/c2c(C)c(C#N)c(=O)n(CCCC)c2N2CCN(CC)CC2)SC1=S. The third-order valence-electron chi connectivity index (χ3n) is 7.83. The molecule has 0 radical (unpaired) electrons. The molecule has 3 rings (SSSR count). The number of pyridine rings is 1. The van der Waals surface area contributed by atoms with Crippen LogP contribution in [-0.2, 0) is 11.3 Å². The number of hydrogen-bond acceptors (Lipinski definition) is 7. The first-order valence-electron chi connectivity index (χ1n) is 14.2. The van der Waals surface area contributed by atoms with Crippen LogP contribution in [0.3, 0.4) is 0 Å². The van der Waals surface area contributed by atoms with Crippen molar-refractivity contribution in [3.05, 3.63) is 31.9 Å². The van der Waals surface area contributed by atoms with Gasteiger partial charge in [0, 0.05) is 44.8 Å². The van der Waals surface area contributed by atoms with Gasteiger partial charge in [-0.15, -0.1) is 0 Å². The Morgan fingerprint density at radius 1 is 1.08 bits per heavy atom. The smallest absolute Gasteiger partial charge is 0.270 e. The molecule has 38 heavy (non-hydrogen) atoms. The van der Waals surface area contributed by atoms with Gasteiger partial charge in [-0.25, -0.2) is 0 Å². The summed E-state index contributed by atoms with van der Waals surface area (Å²) in [5, 5.41) is 9.93. The zero-order valence-corrected chi connectivity index (χ0v) is 25.3. The van der Waals surface area contributed by atoms with Crippen molar-refractivity contribution in [2.24, 2.45) is 5.92 Å². The number of hydrogen-bond donors (Lipinski definition) is 0. The number of thiocarbonyl (C=S) groups is 1. The Morgan fingerprint density at radius 2 is 1.76 bits per heavy atom. The number of anilines is 1. The van der Waals surface area contributed by atoms with Crippen molar-refractivity contribution in [2.45, 2.75) is 79.7 Å². The van der Waals surface area contributed by atoms with Gasteiger partial charge in [0.05, 0.1) is 4.91 Å². The second-order valence-corrected chi connectivity index (χ2v) is 12.0. The van der Waals surface area contributed by atoms with Crippen LogP contribution in [0.5, 0.6) is 0 Å². The molecule has 0 saturated carbocycles. The van der Waals surface area contributed by atoms with Crippen molar-refractivity contribution >= 4 is 46.1 Å². The fourth-order valence-electron chi connectivity index (χ4n) is 5.25. The Bertz CT molecular complexity index is 1150. The highest BCUT2D eigenvalue weighted by atomic mass is 32.2. The van der Waals surface area contributed by atoms with Gasteiger partial charge in [0.15, 0.2) is 0 Å². The quantitative estimate of drug-likeness (QED) is 0.252. The van der Waals surface area contributed by atoms with Crippen LogP contribution in [0.2, 0.25) is 0 Å². The molecule has 0 N–H and O–H groups in total. The number of carbonyl (C=O) groups is 1. The normalized spacial score (nSPS) is 18.5. The molecule has 0 aromatic carbocycles. The van der Waals surface area contributed by atoms with E-state index in [0.29, 0.717) is 33.8 Å². The number of piperazine rings is 1. The van der Waals surface area contributed by atoms with Crippen LogP contribution < -0.4 is 10.5 Å². The van der Waals surface area contributed by atoms with Gasteiger partial charge >= 0.3 is 0 Å². The first kappa shape index (κ1) is 30.4. The van der Waals surface area contributed by atoms with E-state index in [1.54, 1.807) is 9.47 Å². The summed E-state index contributed by atoms with van der Waals surface area (Å²) >= 11 is 7.00. The highest BCUT2D eigenvalue weighted by Crippen LogP contribution is 2.37. The van der Waals surface area contributed by atoms with Gasteiger partial charge in [-0.2, -0.15) is 5.26 Å². The summed E-state index contributed by atoms with van der Waals surface area (Å²) in [6, 6.07) is 2.16. The number of carbonyl (C=O) groups excluding carboxylic acids is 1. The second kappa shape index (κ2) is 14.3. The van der Waals surface area contributed by atoms with Gasteiger partial charge in [-0.1, -0.05) is 77.4 Å². The molecule has 0 spiro atoms. The fourth-order valence-corrected chi connectivity index (χ4v) is 6.51. The number of likely N-dealkylation sites (N-methyl/N-ethyl adjacent to an activating group) is 1. The molecule has 1 amide bonds. The van der Waals surface area contributed by atoms with E-state index >= 15 is 0 Å². The van der Waals surface area contributed by atoms with E-state index in [1.165, 1.54) is 11.8 Å². The van der Waals surface area contributed by atoms with Crippen LogP contribution >= 0.6 is 24.0 Å². The van der Waals surface area contributed by atoms with Gasteiger partial charge < -0.3 is 9.80 Å². The largest absolute Gasteiger partial charge is 0.355 e. The second-order valence-electron chi connectivity index (χ2n) is 10.3. The average molecular weight is 558 g/mol. The molecule has 3 heterocycles. The molecular weight excluding hydrogens is 514 g/mol. The molecule has 7 nitrogen and oxygen atoms in total. The molecule has 0 aliphatic carbocycles. The molecule has 1 atom stereocenters. The van der Waals surface area contributed by atoms with Gasteiger partial charge in [0.2, 0.25) is 0 Å². The van der Waals surface area contributed by atoms with E-state index in [9.17, 15) is 14.9 Å². The highest BCUT2D eigenvalue weighted by Gasteiger charge is 2.34. The van der Waals surface area contributed by atoms with Gasteiger partial charge in [0.25, 0.3) is 11.5 Å². The number of nitrogens with zero attached hydrogens (tertiary/aromatic N) is 5. The number of rotatable bonds is 12. The molecule has 208 valence electrons. The van der Waals surface area contributed by atoms with Crippen LogP contribution in [-0.4, -0.2) is 63.9 Å². The van der Waals surface area contributed by atoms with Gasteiger partial charge in [-0.3, -0.25) is 19.1 Å². The van der Waals surface area contributed by atoms with Crippen molar-refractivity contribution in [3.63, 3.8) is 0 Å². The summed E-state index contributed by atoms with van der Waals surface area (Å²) in [4.78, 5) is 34.1. The molecule has 1 unspecified atom stereocenters. The predicted octanol–water partition coefficient (Wildman–Crippen LogP) is 5.39. The zero-order chi connectivity index (χ0) is 27.8. The minimum absolute atomic E-state index is 0.0686. The topological polar surface area (TPSA) is 72.6 Å². The zero-order valence-electron chi connectivity index (χ0n) is 23.7. The number of amides is 1. The van der Waals surface area contributed by atoms with E-state index in [2.05, 4.69) is 43.6 Å². The monoisotopic (exact) mass is 557 g/mol. The molecule has 1 aromatic rings. The maximum absolute atomic E-state index is 13.6. The summed E-state index contributed by atoms with van der Waals surface area (Å²) in [7, 11) is 0. The van der Waals surface area contributed by atoms with Crippen LogP contribution in [0.4, 0.5) is 5.82 Å². The van der Waals surface area contributed by atoms with Crippen LogP contribution in [0.1, 0.15) is 82.9 Å². The summed E-state index contributed by atoms with van der Waals surface area (Å²) in [6.45, 7) is 16.0. The van der Waals surface area contributed by atoms with Crippen LogP contribution in [0, 0.1) is 24.2 Å². The molecule has 2 aliphatic rings. The van der Waals surface area contributed by atoms with Crippen molar-refractivity contribution in [1.29, 1.82) is 5.26 Å². The Kier molecular flexibility index (Phi) is 11.4. The first-order chi connectivity index (χ1) is 18.3. The standard InChI is InChI=1S/C29H43N5O2S2/c1-6-10-12-22(8-3)20-34-28(36)25(38-29(34)37)18-23-21(5)24(19-30)27(35)33(13-11-7-2)26(23)32-16-14-31(9-4)15-17-32/h18,22H,6-17,20H2,1-5H3/b25-18-. The summed E-state index contributed by atoms with van der Waals surface area (Å²) in [6.07, 6.45) is 8.06. The van der Waals surface area contributed by atoms with E-state index < -0.39 is 0 Å². The molecule has 2 aliphatic heterocycles. The number of unbranched alkanes of at least 4 members (excludes halogenated alkanes) is 2. The van der Waals surface area contributed by atoms with Gasteiger partial charge in [-0.05, 0) is 43.9 Å². The Morgan fingerprint density at radius 3 is 2.34 bits per heavy atom. The van der Waals surface area contributed by atoms with Crippen molar-refractivity contribution in [1.82, 2.24) is 14.4 Å². The third-order valence-corrected chi connectivity index (χ3v) is 9.21. The average Bonchev–Trinajstić information content (AvgIpc) is 3.19. The Balaban J connectivity index is 2.09. The lowest BCUT2D eigenvalue weighted by atomic mass is 9.99. The van der Waals surface area contributed by atoms with E-state index in [4.69, 9.17) is 12.2 Å². The maximum atomic E-state index is 13.6. The summed E-state index contributed by atoms with van der Waals surface area (Å²) in [5.41, 5.74) is 1.35. The van der Waals surface area contributed by atoms with E-state index in [0.717, 1.165) is 82.6 Å².